The highest BCUT2D eigenvalue weighted by atomic mass is 32.2. The van der Waals surface area contributed by atoms with Crippen LogP contribution in [0.15, 0.2) is 39.8 Å². The van der Waals surface area contributed by atoms with Crippen molar-refractivity contribution in [1.29, 1.82) is 0 Å². The van der Waals surface area contributed by atoms with Crippen molar-refractivity contribution in [3.05, 3.63) is 42.1 Å². The highest BCUT2D eigenvalue weighted by molar-refractivity contribution is 7.98. The fourth-order valence-electron chi connectivity index (χ4n) is 1.41. The van der Waals surface area contributed by atoms with Crippen LogP contribution >= 0.6 is 11.8 Å². The first kappa shape index (κ1) is 13.0. The summed E-state index contributed by atoms with van der Waals surface area (Å²) in [4.78, 5) is 5.36. The standard InChI is InChI=1S/C14H17NO2S/c1-14(2,3)12-8-15-13(17-12)9-18-11-6-4-10(16)5-7-11/h4-8,16H,9H2,1-3H3. The van der Waals surface area contributed by atoms with E-state index in [2.05, 4.69) is 25.8 Å². The van der Waals surface area contributed by atoms with Crippen LogP contribution in [0.1, 0.15) is 32.4 Å². The molecule has 1 aromatic heterocycles. The summed E-state index contributed by atoms with van der Waals surface area (Å²) in [5.41, 5.74) is -0.00550. The molecule has 0 unspecified atom stereocenters. The predicted molar refractivity (Wildman–Crippen MR) is 72.9 cm³/mol. The molecule has 18 heavy (non-hydrogen) atoms. The van der Waals surface area contributed by atoms with Crippen LogP contribution in [-0.4, -0.2) is 10.1 Å². The van der Waals surface area contributed by atoms with Crippen LogP contribution in [0.25, 0.3) is 0 Å². The molecule has 1 heterocycles. The second-order valence-electron chi connectivity index (χ2n) is 5.15. The van der Waals surface area contributed by atoms with Crippen LogP contribution in [-0.2, 0) is 11.2 Å². The van der Waals surface area contributed by atoms with Gasteiger partial charge >= 0.3 is 0 Å². The second kappa shape index (κ2) is 5.06. The molecule has 0 saturated heterocycles. The first-order valence-electron chi connectivity index (χ1n) is 5.82. The number of benzene rings is 1. The Bertz CT molecular complexity index is 511. The van der Waals surface area contributed by atoms with E-state index in [0.29, 0.717) is 5.75 Å². The van der Waals surface area contributed by atoms with E-state index in [9.17, 15) is 5.11 Å². The minimum absolute atomic E-state index is 0.00550. The number of rotatable bonds is 3. The second-order valence-corrected chi connectivity index (χ2v) is 6.20. The molecule has 0 radical (unpaired) electrons. The van der Waals surface area contributed by atoms with Crippen LogP contribution in [0.5, 0.6) is 5.75 Å². The summed E-state index contributed by atoms with van der Waals surface area (Å²) in [6.45, 7) is 6.30. The normalized spacial score (nSPS) is 11.7. The van der Waals surface area contributed by atoms with E-state index < -0.39 is 0 Å². The number of hydrogen-bond donors (Lipinski definition) is 1. The number of thioether (sulfide) groups is 1. The molecule has 2 rings (SSSR count). The SMILES string of the molecule is CC(C)(C)c1cnc(CSc2ccc(O)cc2)o1. The molecule has 96 valence electrons. The summed E-state index contributed by atoms with van der Waals surface area (Å²) in [5.74, 6) is 2.62. The van der Waals surface area contributed by atoms with Gasteiger partial charge in [-0.1, -0.05) is 20.8 Å². The fraction of sp³-hybridized carbons (Fsp3) is 0.357. The zero-order valence-electron chi connectivity index (χ0n) is 10.8. The van der Waals surface area contributed by atoms with E-state index >= 15 is 0 Å². The van der Waals surface area contributed by atoms with Gasteiger partial charge in [0.1, 0.15) is 11.5 Å². The van der Waals surface area contributed by atoms with Gasteiger partial charge in [0, 0.05) is 10.3 Å². The molecule has 0 atom stereocenters. The minimum atomic E-state index is -0.00550. The summed E-state index contributed by atoms with van der Waals surface area (Å²) in [5, 5.41) is 9.19. The molecule has 0 fully saturated rings. The minimum Gasteiger partial charge on any atom is -0.508 e. The van der Waals surface area contributed by atoms with Crippen LogP contribution in [0.2, 0.25) is 0 Å². The zero-order chi connectivity index (χ0) is 13.2. The average Bonchev–Trinajstić information content (AvgIpc) is 2.77. The van der Waals surface area contributed by atoms with Gasteiger partial charge in [-0.2, -0.15) is 0 Å². The Balaban J connectivity index is 1.98. The first-order valence-corrected chi connectivity index (χ1v) is 6.81. The third-order valence-electron chi connectivity index (χ3n) is 2.49. The molecule has 0 aliphatic carbocycles. The van der Waals surface area contributed by atoms with Crippen molar-refractivity contribution in [2.75, 3.05) is 0 Å². The summed E-state index contributed by atoms with van der Waals surface area (Å²) >= 11 is 1.64. The molecule has 0 aliphatic heterocycles. The third kappa shape index (κ3) is 3.29. The van der Waals surface area contributed by atoms with Crippen molar-refractivity contribution in [3.63, 3.8) is 0 Å². The highest BCUT2D eigenvalue weighted by Gasteiger charge is 2.19. The monoisotopic (exact) mass is 263 g/mol. The molecule has 0 spiro atoms. The maximum atomic E-state index is 9.19. The number of aromatic hydroxyl groups is 1. The molecule has 0 bridgehead atoms. The molecule has 3 nitrogen and oxygen atoms in total. The van der Waals surface area contributed by atoms with Crippen LogP contribution < -0.4 is 0 Å². The molecular formula is C14H17NO2S. The lowest BCUT2D eigenvalue weighted by Crippen LogP contribution is -2.09. The maximum absolute atomic E-state index is 9.19. The summed E-state index contributed by atoms with van der Waals surface area (Å²) in [6.07, 6.45) is 1.80. The number of phenols is 1. The first-order chi connectivity index (χ1) is 8.45. The number of hydrogen-bond acceptors (Lipinski definition) is 4. The quantitative estimate of drug-likeness (QED) is 0.851. The number of oxazole rings is 1. The lowest BCUT2D eigenvalue weighted by molar-refractivity contribution is 0.391. The Morgan fingerprint density at radius 3 is 2.44 bits per heavy atom. The van der Waals surface area contributed by atoms with Gasteiger partial charge in [0.25, 0.3) is 0 Å². The number of phenolic OH excluding ortho intramolecular Hbond substituents is 1. The van der Waals surface area contributed by atoms with Crippen molar-refractivity contribution >= 4 is 11.8 Å². The van der Waals surface area contributed by atoms with Gasteiger partial charge in [0.15, 0.2) is 0 Å². The van der Waals surface area contributed by atoms with E-state index in [1.165, 1.54) is 0 Å². The van der Waals surface area contributed by atoms with E-state index in [0.717, 1.165) is 16.5 Å². The largest absolute Gasteiger partial charge is 0.508 e. The lowest BCUT2D eigenvalue weighted by Gasteiger charge is -2.13. The van der Waals surface area contributed by atoms with Crippen LogP contribution in [0.3, 0.4) is 0 Å². The van der Waals surface area contributed by atoms with Crippen molar-refractivity contribution in [3.8, 4) is 5.75 Å². The van der Waals surface area contributed by atoms with Crippen molar-refractivity contribution in [1.82, 2.24) is 4.98 Å². The predicted octanol–water partition coefficient (Wildman–Crippen LogP) is 3.97. The molecular weight excluding hydrogens is 246 g/mol. The third-order valence-corrected chi connectivity index (χ3v) is 3.49. The Labute approximate surface area is 111 Å². The van der Waals surface area contributed by atoms with E-state index in [1.807, 2.05) is 12.1 Å². The molecule has 2 aromatic rings. The van der Waals surface area contributed by atoms with Gasteiger partial charge in [0.05, 0.1) is 11.9 Å². The lowest BCUT2D eigenvalue weighted by atomic mass is 9.94. The summed E-state index contributed by atoms with van der Waals surface area (Å²) < 4.78 is 5.71. The molecule has 4 heteroatoms. The average molecular weight is 263 g/mol. The summed E-state index contributed by atoms with van der Waals surface area (Å²) in [7, 11) is 0. The van der Waals surface area contributed by atoms with Crippen LogP contribution in [0.4, 0.5) is 0 Å². The maximum Gasteiger partial charge on any atom is 0.204 e. The van der Waals surface area contributed by atoms with Crippen molar-refractivity contribution in [2.24, 2.45) is 0 Å². The van der Waals surface area contributed by atoms with Crippen molar-refractivity contribution in [2.45, 2.75) is 36.8 Å². The number of nitrogens with zero attached hydrogens (tertiary/aromatic N) is 1. The van der Waals surface area contributed by atoms with Crippen LogP contribution in [0, 0.1) is 0 Å². The van der Waals surface area contributed by atoms with Gasteiger partial charge in [-0.05, 0) is 24.3 Å². The van der Waals surface area contributed by atoms with Gasteiger partial charge in [-0.25, -0.2) is 4.98 Å². The Morgan fingerprint density at radius 1 is 1.22 bits per heavy atom. The Kier molecular flexibility index (Phi) is 3.66. The van der Waals surface area contributed by atoms with Gasteiger partial charge in [0.2, 0.25) is 5.89 Å². The zero-order valence-corrected chi connectivity index (χ0v) is 11.6. The van der Waals surface area contributed by atoms with Gasteiger partial charge < -0.3 is 9.52 Å². The van der Waals surface area contributed by atoms with E-state index in [4.69, 9.17) is 4.42 Å². The van der Waals surface area contributed by atoms with Gasteiger partial charge in [-0.15, -0.1) is 11.8 Å². The smallest absolute Gasteiger partial charge is 0.204 e. The molecule has 1 aromatic carbocycles. The van der Waals surface area contributed by atoms with E-state index in [-0.39, 0.29) is 11.2 Å². The molecule has 1 N–H and O–H groups in total. The Morgan fingerprint density at radius 2 is 1.89 bits per heavy atom. The molecule has 0 amide bonds. The van der Waals surface area contributed by atoms with Crippen molar-refractivity contribution < 1.29 is 9.52 Å². The number of aromatic nitrogens is 1. The highest BCUT2D eigenvalue weighted by Crippen LogP contribution is 2.27. The molecule has 0 aliphatic rings. The topological polar surface area (TPSA) is 46.3 Å². The fourth-order valence-corrected chi connectivity index (χ4v) is 2.16. The Hall–Kier alpha value is -1.42. The summed E-state index contributed by atoms with van der Waals surface area (Å²) in [6, 6.07) is 7.12. The van der Waals surface area contributed by atoms with Gasteiger partial charge in [-0.3, -0.25) is 0 Å². The van der Waals surface area contributed by atoms with E-state index in [1.54, 1.807) is 30.1 Å². The molecule has 0 saturated carbocycles.